The zero-order chi connectivity index (χ0) is 8.48. The number of hydrogen-bond donors (Lipinski definition) is 0. The van der Waals surface area contributed by atoms with Crippen molar-refractivity contribution in [3.05, 3.63) is 34.3 Å². The highest BCUT2D eigenvalue weighted by atomic mass is 79.9. The van der Waals surface area contributed by atoms with Crippen LogP contribution in [0.1, 0.15) is 12.5 Å². The Bertz CT molecular complexity index is 253. The summed E-state index contributed by atoms with van der Waals surface area (Å²) in [7, 11) is 0. The van der Waals surface area contributed by atoms with Gasteiger partial charge >= 0.3 is 0 Å². The Morgan fingerprint density at radius 1 is 1.45 bits per heavy atom. The molecule has 0 amide bonds. The van der Waals surface area contributed by atoms with E-state index in [0.717, 1.165) is 6.92 Å². The smallest absolute Gasteiger partial charge is 0.202 e. The van der Waals surface area contributed by atoms with E-state index in [9.17, 15) is 8.78 Å². The zero-order valence-corrected chi connectivity index (χ0v) is 7.45. The average molecular weight is 220 g/mol. The second-order valence-electron chi connectivity index (χ2n) is 2.33. The minimum Gasteiger partial charge on any atom is -0.202 e. The Labute approximate surface area is 72.4 Å². The minimum atomic E-state index is -2.78. The number of hydrogen-bond acceptors (Lipinski definition) is 0. The molecule has 0 unspecified atom stereocenters. The Morgan fingerprint density at radius 3 is 2.45 bits per heavy atom. The van der Waals surface area contributed by atoms with Crippen LogP contribution >= 0.6 is 15.9 Å². The van der Waals surface area contributed by atoms with Gasteiger partial charge in [0.15, 0.2) is 0 Å². The molecule has 1 aromatic rings. The van der Waals surface area contributed by atoms with Gasteiger partial charge < -0.3 is 0 Å². The standard InChI is InChI=1S/C8H6BrF2/c1-8(10,11)6-3-2-4-7(9)5-6/h3-5H,1H3. The first kappa shape index (κ1) is 8.65. The van der Waals surface area contributed by atoms with Crippen LogP contribution in [-0.4, -0.2) is 0 Å². The minimum absolute atomic E-state index is 0.0214. The molecule has 59 valence electrons. The van der Waals surface area contributed by atoms with Crippen molar-refractivity contribution in [3.8, 4) is 0 Å². The third kappa shape index (κ3) is 2.26. The first-order valence-corrected chi connectivity index (χ1v) is 3.84. The fraction of sp³-hybridized carbons (Fsp3) is 0.250. The second kappa shape index (κ2) is 2.89. The fourth-order valence-electron chi connectivity index (χ4n) is 0.696. The summed E-state index contributed by atoms with van der Waals surface area (Å²) in [5, 5.41) is 0. The molecule has 1 rings (SSSR count). The van der Waals surface area contributed by atoms with E-state index >= 15 is 0 Å². The third-order valence-electron chi connectivity index (χ3n) is 1.26. The van der Waals surface area contributed by atoms with E-state index in [1.165, 1.54) is 12.1 Å². The molecule has 0 aliphatic rings. The molecule has 0 saturated carbocycles. The van der Waals surface area contributed by atoms with Gasteiger partial charge in [-0.15, -0.1) is 0 Å². The van der Waals surface area contributed by atoms with Crippen LogP contribution in [0.5, 0.6) is 0 Å². The van der Waals surface area contributed by atoms with Gasteiger partial charge in [0.25, 0.3) is 5.92 Å². The van der Waals surface area contributed by atoms with Gasteiger partial charge in [0.2, 0.25) is 0 Å². The molecule has 0 aliphatic carbocycles. The number of alkyl halides is 2. The maximum absolute atomic E-state index is 12.6. The van der Waals surface area contributed by atoms with Crippen molar-refractivity contribution in [2.45, 2.75) is 12.8 Å². The van der Waals surface area contributed by atoms with Crippen molar-refractivity contribution in [1.82, 2.24) is 0 Å². The maximum Gasteiger partial charge on any atom is 0.270 e. The zero-order valence-electron chi connectivity index (χ0n) is 5.87. The fourth-order valence-corrected chi connectivity index (χ4v) is 1.08. The van der Waals surface area contributed by atoms with Crippen LogP contribution in [0.4, 0.5) is 8.78 Å². The van der Waals surface area contributed by atoms with Crippen molar-refractivity contribution in [2.24, 2.45) is 0 Å². The number of rotatable bonds is 1. The van der Waals surface area contributed by atoms with Crippen LogP contribution in [0.15, 0.2) is 22.7 Å². The summed E-state index contributed by atoms with van der Waals surface area (Å²) in [5.74, 6) is -2.78. The Kier molecular flexibility index (Phi) is 2.28. The van der Waals surface area contributed by atoms with Gasteiger partial charge in [-0.1, -0.05) is 15.9 Å². The van der Waals surface area contributed by atoms with Crippen LogP contribution in [0.2, 0.25) is 0 Å². The first-order valence-electron chi connectivity index (χ1n) is 3.05. The van der Waals surface area contributed by atoms with Gasteiger partial charge in [0, 0.05) is 17.0 Å². The Balaban J connectivity index is 3.06. The summed E-state index contributed by atoms with van der Waals surface area (Å²) in [6.07, 6.45) is 0. The predicted octanol–water partition coefficient (Wildman–Crippen LogP) is 3.36. The average Bonchev–Trinajstić information content (AvgIpc) is 1.86. The summed E-state index contributed by atoms with van der Waals surface area (Å²) in [6, 6.07) is 6.87. The monoisotopic (exact) mass is 219 g/mol. The van der Waals surface area contributed by atoms with Gasteiger partial charge in [-0.3, -0.25) is 0 Å². The summed E-state index contributed by atoms with van der Waals surface area (Å²) in [5.41, 5.74) is -0.0214. The molecular weight excluding hydrogens is 214 g/mol. The van der Waals surface area contributed by atoms with Gasteiger partial charge in [0.1, 0.15) is 0 Å². The van der Waals surface area contributed by atoms with Crippen LogP contribution in [-0.2, 0) is 5.92 Å². The second-order valence-corrected chi connectivity index (χ2v) is 3.24. The lowest BCUT2D eigenvalue weighted by Gasteiger charge is -2.09. The molecular formula is C8H6BrF2. The molecule has 0 saturated heterocycles. The Morgan fingerprint density at radius 2 is 2.09 bits per heavy atom. The predicted molar refractivity (Wildman–Crippen MR) is 42.5 cm³/mol. The summed E-state index contributed by atoms with van der Waals surface area (Å²) < 4.78 is 25.8. The van der Waals surface area contributed by atoms with Gasteiger partial charge in [-0.05, 0) is 24.3 Å². The third-order valence-corrected chi connectivity index (χ3v) is 1.72. The lowest BCUT2D eigenvalue weighted by Crippen LogP contribution is -2.06. The topological polar surface area (TPSA) is 0 Å². The molecule has 0 aliphatic heterocycles. The van der Waals surface area contributed by atoms with Crippen molar-refractivity contribution in [3.63, 3.8) is 0 Å². The molecule has 0 fully saturated rings. The van der Waals surface area contributed by atoms with Gasteiger partial charge in [-0.25, -0.2) is 8.78 Å². The lowest BCUT2D eigenvalue weighted by atomic mass is 10.1. The number of halogens is 3. The van der Waals surface area contributed by atoms with E-state index in [2.05, 4.69) is 22.0 Å². The molecule has 0 spiro atoms. The molecule has 3 heteroatoms. The summed E-state index contributed by atoms with van der Waals surface area (Å²) in [4.78, 5) is 0. The van der Waals surface area contributed by atoms with Gasteiger partial charge in [-0.2, -0.15) is 0 Å². The van der Waals surface area contributed by atoms with Crippen LogP contribution in [0.25, 0.3) is 0 Å². The Hall–Kier alpha value is -0.440. The van der Waals surface area contributed by atoms with Crippen LogP contribution in [0.3, 0.4) is 0 Å². The van der Waals surface area contributed by atoms with Crippen molar-refractivity contribution >= 4 is 15.9 Å². The molecule has 11 heavy (non-hydrogen) atoms. The van der Waals surface area contributed by atoms with Gasteiger partial charge in [0.05, 0.1) is 0 Å². The molecule has 0 aromatic heterocycles. The van der Waals surface area contributed by atoms with Crippen LogP contribution < -0.4 is 0 Å². The number of benzene rings is 1. The van der Waals surface area contributed by atoms with Crippen LogP contribution in [0, 0.1) is 6.07 Å². The molecule has 1 aromatic carbocycles. The van der Waals surface area contributed by atoms with E-state index in [4.69, 9.17) is 0 Å². The molecule has 0 atom stereocenters. The molecule has 0 heterocycles. The lowest BCUT2D eigenvalue weighted by molar-refractivity contribution is 0.0174. The van der Waals surface area contributed by atoms with Crippen molar-refractivity contribution in [2.75, 3.05) is 0 Å². The van der Waals surface area contributed by atoms with Crippen molar-refractivity contribution in [1.29, 1.82) is 0 Å². The van der Waals surface area contributed by atoms with E-state index < -0.39 is 5.92 Å². The molecule has 0 bridgehead atoms. The normalized spacial score (nSPS) is 11.6. The first-order chi connectivity index (χ1) is 5.00. The highest BCUT2D eigenvalue weighted by Gasteiger charge is 2.23. The van der Waals surface area contributed by atoms with E-state index in [0.29, 0.717) is 4.47 Å². The quantitative estimate of drug-likeness (QED) is 0.680. The van der Waals surface area contributed by atoms with E-state index in [-0.39, 0.29) is 5.56 Å². The van der Waals surface area contributed by atoms with Crippen molar-refractivity contribution < 1.29 is 8.78 Å². The highest BCUT2D eigenvalue weighted by molar-refractivity contribution is 9.10. The van der Waals surface area contributed by atoms with E-state index in [1.54, 1.807) is 6.07 Å². The SMILES string of the molecule is CC(F)(F)c1c[c]cc(Br)c1. The molecule has 1 radical (unpaired) electrons. The highest BCUT2D eigenvalue weighted by Crippen LogP contribution is 2.28. The largest absolute Gasteiger partial charge is 0.270 e. The summed E-state index contributed by atoms with van der Waals surface area (Å²) >= 11 is 3.09. The molecule has 0 nitrogen and oxygen atoms in total. The summed E-state index contributed by atoms with van der Waals surface area (Å²) in [6.45, 7) is 0.864. The van der Waals surface area contributed by atoms with E-state index in [1.807, 2.05) is 0 Å². The molecule has 0 N–H and O–H groups in total. The maximum atomic E-state index is 12.6.